The zero-order chi connectivity index (χ0) is 17.8. The molecule has 6 nitrogen and oxygen atoms in total. The molecule has 0 unspecified atom stereocenters. The van der Waals surface area contributed by atoms with Crippen LogP contribution in [0.25, 0.3) is 0 Å². The van der Waals surface area contributed by atoms with E-state index in [0.29, 0.717) is 5.92 Å². The second kappa shape index (κ2) is 7.49. The van der Waals surface area contributed by atoms with Crippen molar-refractivity contribution >= 4 is 15.9 Å². The molecule has 1 heterocycles. The molecule has 1 atom stereocenters. The SMILES string of the molecule is CC(C)CC[C@@H](C)NC(=O)c1ccc(S(=O)(=O)NC(C)(C)C)o1. The molecule has 0 fully saturated rings. The highest BCUT2D eigenvalue weighted by atomic mass is 32.2. The summed E-state index contributed by atoms with van der Waals surface area (Å²) in [4.78, 5) is 12.1. The maximum Gasteiger partial charge on any atom is 0.287 e. The van der Waals surface area contributed by atoms with Crippen molar-refractivity contribution in [1.82, 2.24) is 10.0 Å². The quantitative estimate of drug-likeness (QED) is 0.796. The van der Waals surface area contributed by atoms with Crippen LogP contribution in [0.3, 0.4) is 0 Å². The Morgan fingerprint density at radius 1 is 1.17 bits per heavy atom. The van der Waals surface area contributed by atoms with Gasteiger partial charge in [-0.2, -0.15) is 0 Å². The van der Waals surface area contributed by atoms with Crippen molar-refractivity contribution in [3.8, 4) is 0 Å². The molecule has 0 aliphatic rings. The summed E-state index contributed by atoms with van der Waals surface area (Å²) >= 11 is 0. The molecule has 1 aromatic rings. The van der Waals surface area contributed by atoms with Crippen LogP contribution < -0.4 is 10.0 Å². The van der Waals surface area contributed by atoms with E-state index in [1.807, 2.05) is 6.92 Å². The standard InChI is InChI=1S/C16H28N2O4S/c1-11(2)7-8-12(3)17-15(19)13-9-10-14(22-13)23(20,21)18-16(4,5)6/h9-12,18H,7-8H2,1-6H3,(H,17,19)/t12-/m1/s1. The van der Waals surface area contributed by atoms with E-state index in [-0.39, 0.29) is 16.9 Å². The van der Waals surface area contributed by atoms with Crippen LogP contribution in [0.15, 0.2) is 21.6 Å². The van der Waals surface area contributed by atoms with Crippen molar-refractivity contribution in [1.29, 1.82) is 0 Å². The summed E-state index contributed by atoms with van der Waals surface area (Å²) in [6, 6.07) is 2.67. The third-order valence-corrected chi connectivity index (χ3v) is 4.70. The molecule has 0 aliphatic heterocycles. The van der Waals surface area contributed by atoms with Gasteiger partial charge in [-0.3, -0.25) is 4.79 Å². The van der Waals surface area contributed by atoms with Gasteiger partial charge in [0.1, 0.15) is 0 Å². The Balaban J connectivity index is 2.74. The summed E-state index contributed by atoms with van der Waals surface area (Å²) in [6.45, 7) is 11.4. The molecule has 0 aromatic carbocycles. The molecular weight excluding hydrogens is 316 g/mol. The van der Waals surface area contributed by atoms with Gasteiger partial charge < -0.3 is 9.73 Å². The van der Waals surface area contributed by atoms with Crippen molar-refractivity contribution in [3.63, 3.8) is 0 Å². The average Bonchev–Trinajstić information content (AvgIpc) is 2.83. The van der Waals surface area contributed by atoms with E-state index in [0.717, 1.165) is 12.8 Å². The van der Waals surface area contributed by atoms with Gasteiger partial charge in [-0.25, -0.2) is 13.1 Å². The predicted molar refractivity (Wildman–Crippen MR) is 89.8 cm³/mol. The fourth-order valence-electron chi connectivity index (χ4n) is 1.99. The normalized spacial score (nSPS) is 14.0. The van der Waals surface area contributed by atoms with Crippen LogP contribution in [0.5, 0.6) is 0 Å². The molecule has 0 radical (unpaired) electrons. The zero-order valence-corrected chi connectivity index (χ0v) is 15.6. The highest BCUT2D eigenvalue weighted by Crippen LogP contribution is 2.17. The number of hydrogen-bond donors (Lipinski definition) is 2. The first-order chi connectivity index (χ1) is 10.4. The van der Waals surface area contributed by atoms with Crippen molar-refractivity contribution in [2.45, 2.75) is 71.1 Å². The number of carbonyl (C=O) groups excluding carboxylic acids is 1. The third-order valence-electron chi connectivity index (χ3n) is 3.07. The first-order valence-electron chi connectivity index (χ1n) is 7.85. The zero-order valence-electron chi connectivity index (χ0n) is 14.8. The lowest BCUT2D eigenvalue weighted by Crippen LogP contribution is -2.40. The van der Waals surface area contributed by atoms with Gasteiger partial charge in [-0.15, -0.1) is 0 Å². The summed E-state index contributed by atoms with van der Waals surface area (Å²) in [5.41, 5.74) is -0.626. The van der Waals surface area contributed by atoms with E-state index in [1.165, 1.54) is 12.1 Å². The van der Waals surface area contributed by atoms with E-state index in [9.17, 15) is 13.2 Å². The van der Waals surface area contributed by atoms with Crippen LogP contribution >= 0.6 is 0 Å². The van der Waals surface area contributed by atoms with E-state index < -0.39 is 21.5 Å². The first-order valence-corrected chi connectivity index (χ1v) is 9.34. The molecule has 0 bridgehead atoms. The number of amides is 1. The number of carbonyl (C=O) groups is 1. The largest absolute Gasteiger partial charge is 0.438 e. The maximum absolute atomic E-state index is 12.1. The number of sulfonamides is 1. The molecule has 1 rings (SSSR count). The van der Waals surface area contributed by atoms with Gasteiger partial charge in [0.15, 0.2) is 5.76 Å². The lowest BCUT2D eigenvalue weighted by Gasteiger charge is -2.19. The molecular formula is C16H28N2O4S. The van der Waals surface area contributed by atoms with Crippen molar-refractivity contribution in [2.24, 2.45) is 5.92 Å². The minimum atomic E-state index is -3.78. The summed E-state index contributed by atoms with van der Waals surface area (Å²) in [6.07, 6.45) is 1.87. The Morgan fingerprint density at radius 3 is 2.30 bits per heavy atom. The predicted octanol–water partition coefficient (Wildman–Crippen LogP) is 2.91. The molecule has 0 saturated heterocycles. The fraction of sp³-hybridized carbons (Fsp3) is 0.688. The minimum absolute atomic E-state index is 0.00255. The van der Waals surface area contributed by atoms with Gasteiger partial charge in [0, 0.05) is 11.6 Å². The average molecular weight is 344 g/mol. The maximum atomic E-state index is 12.1. The lowest BCUT2D eigenvalue weighted by molar-refractivity contribution is 0.0904. The first kappa shape index (κ1) is 19.7. The molecule has 1 amide bonds. The van der Waals surface area contributed by atoms with E-state index >= 15 is 0 Å². The molecule has 132 valence electrons. The van der Waals surface area contributed by atoms with Gasteiger partial charge in [0.05, 0.1) is 0 Å². The molecule has 1 aromatic heterocycles. The van der Waals surface area contributed by atoms with E-state index in [2.05, 4.69) is 23.9 Å². The summed E-state index contributed by atoms with van der Waals surface area (Å²) in [5, 5.41) is 2.56. The fourth-order valence-corrected chi connectivity index (χ4v) is 3.34. The van der Waals surface area contributed by atoms with Crippen LogP contribution in [-0.2, 0) is 10.0 Å². The second-order valence-corrected chi connectivity index (χ2v) is 8.93. The number of rotatable bonds is 7. The number of nitrogens with one attached hydrogen (secondary N) is 2. The Morgan fingerprint density at radius 2 is 1.78 bits per heavy atom. The molecule has 23 heavy (non-hydrogen) atoms. The lowest BCUT2D eigenvalue weighted by atomic mass is 10.0. The summed E-state index contributed by atoms with van der Waals surface area (Å²) in [7, 11) is -3.78. The molecule has 0 saturated carbocycles. The number of furan rings is 1. The second-order valence-electron chi connectivity index (χ2n) is 7.32. The van der Waals surface area contributed by atoms with Crippen LogP contribution in [0, 0.1) is 5.92 Å². The van der Waals surface area contributed by atoms with Crippen molar-refractivity contribution in [2.75, 3.05) is 0 Å². The van der Waals surface area contributed by atoms with Crippen LogP contribution in [0.1, 0.15) is 64.9 Å². The minimum Gasteiger partial charge on any atom is -0.438 e. The van der Waals surface area contributed by atoms with Gasteiger partial charge in [0.25, 0.3) is 15.9 Å². The topological polar surface area (TPSA) is 88.4 Å². The van der Waals surface area contributed by atoms with Gasteiger partial charge in [-0.1, -0.05) is 13.8 Å². The highest BCUT2D eigenvalue weighted by molar-refractivity contribution is 7.89. The summed E-state index contributed by atoms with van der Waals surface area (Å²) < 4.78 is 32.0. The van der Waals surface area contributed by atoms with Gasteiger partial charge in [0.2, 0.25) is 5.09 Å². The van der Waals surface area contributed by atoms with Crippen molar-refractivity contribution in [3.05, 3.63) is 17.9 Å². The van der Waals surface area contributed by atoms with Crippen LogP contribution in [0.4, 0.5) is 0 Å². The van der Waals surface area contributed by atoms with Crippen LogP contribution in [0.2, 0.25) is 0 Å². The smallest absolute Gasteiger partial charge is 0.287 e. The molecule has 7 heteroatoms. The Kier molecular flexibility index (Phi) is 6.41. The Hall–Kier alpha value is -1.34. The van der Waals surface area contributed by atoms with Gasteiger partial charge in [-0.05, 0) is 58.6 Å². The molecule has 0 spiro atoms. The highest BCUT2D eigenvalue weighted by Gasteiger charge is 2.26. The summed E-state index contributed by atoms with van der Waals surface area (Å²) in [5.74, 6) is 0.160. The third kappa shape index (κ3) is 6.74. The van der Waals surface area contributed by atoms with E-state index in [1.54, 1.807) is 20.8 Å². The Labute approximate surface area is 139 Å². The molecule has 2 N–H and O–H groups in total. The Bertz CT molecular complexity index is 627. The number of hydrogen-bond acceptors (Lipinski definition) is 4. The van der Waals surface area contributed by atoms with Gasteiger partial charge >= 0.3 is 0 Å². The van der Waals surface area contributed by atoms with Crippen molar-refractivity contribution < 1.29 is 17.6 Å². The molecule has 0 aliphatic carbocycles. The van der Waals surface area contributed by atoms with Crippen LogP contribution in [-0.4, -0.2) is 25.9 Å². The monoisotopic (exact) mass is 344 g/mol. The van der Waals surface area contributed by atoms with E-state index in [4.69, 9.17) is 4.42 Å².